The number of nitrogens with zero attached hydrogens (tertiary/aromatic N) is 2. The number of hydrogen-bond donors (Lipinski definition) is 1. The lowest BCUT2D eigenvalue weighted by molar-refractivity contribution is 0.101. The van der Waals surface area contributed by atoms with E-state index in [-0.39, 0.29) is 11.3 Å². The number of aromatic nitrogens is 2. The van der Waals surface area contributed by atoms with E-state index in [4.69, 9.17) is 0 Å². The summed E-state index contributed by atoms with van der Waals surface area (Å²) in [7, 11) is 0. The summed E-state index contributed by atoms with van der Waals surface area (Å²) in [6.45, 7) is 4.35. The van der Waals surface area contributed by atoms with Crippen LogP contribution in [0.2, 0.25) is 0 Å². The molecule has 1 aliphatic rings. The number of nitrogens with one attached hydrogen (secondary N) is 1. The summed E-state index contributed by atoms with van der Waals surface area (Å²) in [6.07, 6.45) is 4.78. The van der Waals surface area contributed by atoms with Crippen molar-refractivity contribution in [2.75, 3.05) is 19.6 Å². The molecule has 0 spiro atoms. The van der Waals surface area contributed by atoms with Crippen molar-refractivity contribution in [1.82, 2.24) is 14.5 Å². The number of H-pyrrole nitrogens is 1. The van der Waals surface area contributed by atoms with Gasteiger partial charge in [-0.25, -0.2) is 4.79 Å². The highest BCUT2D eigenvalue weighted by Crippen LogP contribution is 2.07. The Balaban J connectivity index is 2.15. The highest BCUT2D eigenvalue weighted by Gasteiger charge is 2.13. The smallest absolute Gasteiger partial charge is 0.313 e. The van der Waals surface area contributed by atoms with E-state index < -0.39 is 11.2 Å². The SMILES string of the molecule is CC(=O)c1c[nH]c(=O)n(CCN2CCCCC2)c1=O. The molecule has 1 saturated heterocycles. The van der Waals surface area contributed by atoms with Crippen LogP contribution in [-0.4, -0.2) is 39.9 Å². The van der Waals surface area contributed by atoms with Gasteiger partial charge in [0.15, 0.2) is 5.78 Å². The summed E-state index contributed by atoms with van der Waals surface area (Å²) in [5.41, 5.74) is -0.904. The molecule has 6 heteroatoms. The van der Waals surface area contributed by atoms with Crippen LogP contribution in [0.15, 0.2) is 15.8 Å². The predicted octanol–water partition coefficient (Wildman–Crippen LogP) is 0.225. The van der Waals surface area contributed by atoms with Gasteiger partial charge >= 0.3 is 5.69 Å². The summed E-state index contributed by atoms with van der Waals surface area (Å²) in [5, 5.41) is 0. The maximum Gasteiger partial charge on any atom is 0.328 e. The third kappa shape index (κ3) is 3.20. The van der Waals surface area contributed by atoms with E-state index >= 15 is 0 Å². The molecule has 2 rings (SSSR count). The van der Waals surface area contributed by atoms with Gasteiger partial charge in [-0.15, -0.1) is 0 Å². The summed E-state index contributed by atoms with van der Waals surface area (Å²) in [5.74, 6) is -0.326. The Bertz CT molecular complexity index is 567. The molecular weight excluding hydrogens is 246 g/mol. The van der Waals surface area contributed by atoms with Crippen LogP contribution < -0.4 is 11.2 Å². The van der Waals surface area contributed by atoms with Crippen LogP contribution in [0.3, 0.4) is 0 Å². The number of carbonyl (C=O) groups excluding carboxylic acids is 1. The van der Waals surface area contributed by atoms with Gasteiger partial charge in [0, 0.05) is 19.3 Å². The molecule has 1 aliphatic heterocycles. The first-order chi connectivity index (χ1) is 9.09. The minimum absolute atomic E-state index is 0.0400. The molecule has 6 nitrogen and oxygen atoms in total. The zero-order valence-electron chi connectivity index (χ0n) is 11.1. The average molecular weight is 265 g/mol. The molecule has 2 heterocycles. The van der Waals surface area contributed by atoms with E-state index in [9.17, 15) is 14.4 Å². The van der Waals surface area contributed by atoms with Crippen LogP contribution in [0.5, 0.6) is 0 Å². The Hall–Kier alpha value is -1.69. The van der Waals surface area contributed by atoms with E-state index in [1.165, 1.54) is 32.4 Å². The highest BCUT2D eigenvalue weighted by molar-refractivity contribution is 5.93. The monoisotopic (exact) mass is 265 g/mol. The lowest BCUT2D eigenvalue weighted by Gasteiger charge is -2.26. The predicted molar refractivity (Wildman–Crippen MR) is 71.6 cm³/mol. The van der Waals surface area contributed by atoms with Gasteiger partial charge in [-0.05, 0) is 32.9 Å². The van der Waals surface area contributed by atoms with Crippen molar-refractivity contribution in [2.45, 2.75) is 32.7 Å². The second kappa shape index (κ2) is 5.97. The molecule has 104 valence electrons. The molecule has 0 amide bonds. The molecule has 0 unspecified atom stereocenters. The highest BCUT2D eigenvalue weighted by atomic mass is 16.2. The fourth-order valence-electron chi connectivity index (χ4n) is 2.39. The zero-order chi connectivity index (χ0) is 13.8. The molecule has 0 radical (unpaired) electrons. The van der Waals surface area contributed by atoms with Crippen LogP contribution in [0.4, 0.5) is 0 Å². The Morgan fingerprint density at radius 2 is 1.89 bits per heavy atom. The molecule has 1 N–H and O–H groups in total. The van der Waals surface area contributed by atoms with Gasteiger partial charge in [0.2, 0.25) is 0 Å². The van der Waals surface area contributed by atoms with Crippen LogP contribution in [-0.2, 0) is 6.54 Å². The molecular formula is C13H19N3O3. The lowest BCUT2D eigenvalue weighted by Crippen LogP contribution is -2.41. The van der Waals surface area contributed by atoms with Crippen LogP contribution in [0.1, 0.15) is 36.5 Å². The second-order valence-electron chi connectivity index (χ2n) is 4.92. The van der Waals surface area contributed by atoms with E-state index in [1.807, 2.05) is 0 Å². The third-order valence-corrected chi connectivity index (χ3v) is 3.53. The lowest BCUT2D eigenvalue weighted by atomic mass is 10.1. The molecule has 0 aliphatic carbocycles. The van der Waals surface area contributed by atoms with Crippen molar-refractivity contribution in [3.63, 3.8) is 0 Å². The van der Waals surface area contributed by atoms with Gasteiger partial charge in [0.05, 0.1) is 5.56 Å². The van der Waals surface area contributed by atoms with Crippen LogP contribution >= 0.6 is 0 Å². The molecule has 19 heavy (non-hydrogen) atoms. The Morgan fingerprint density at radius 3 is 2.53 bits per heavy atom. The molecule has 0 bridgehead atoms. The van der Waals surface area contributed by atoms with Gasteiger partial charge in [-0.2, -0.15) is 0 Å². The molecule has 1 aromatic heterocycles. The third-order valence-electron chi connectivity index (χ3n) is 3.53. The molecule has 0 aromatic carbocycles. The maximum atomic E-state index is 12.0. The Labute approximate surface area is 111 Å². The number of aromatic amines is 1. The topological polar surface area (TPSA) is 75.2 Å². The number of likely N-dealkylation sites (tertiary alicyclic amines) is 1. The summed E-state index contributed by atoms with van der Waals surface area (Å²) in [6, 6.07) is 0. The number of ketones is 1. The minimum atomic E-state index is -0.492. The average Bonchev–Trinajstić information content (AvgIpc) is 2.39. The van der Waals surface area contributed by atoms with Crippen LogP contribution in [0.25, 0.3) is 0 Å². The second-order valence-corrected chi connectivity index (χ2v) is 4.92. The molecule has 1 aromatic rings. The van der Waals surface area contributed by atoms with Crippen molar-refractivity contribution >= 4 is 5.78 Å². The van der Waals surface area contributed by atoms with Crippen molar-refractivity contribution in [3.8, 4) is 0 Å². The number of rotatable bonds is 4. The van der Waals surface area contributed by atoms with E-state index in [0.29, 0.717) is 13.1 Å². The first kappa shape index (κ1) is 13.7. The zero-order valence-corrected chi connectivity index (χ0v) is 11.1. The van der Waals surface area contributed by atoms with Crippen molar-refractivity contribution in [2.24, 2.45) is 0 Å². The number of piperidine rings is 1. The fraction of sp³-hybridized carbons (Fsp3) is 0.615. The van der Waals surface area contributed by atoms with E-state index in [1.54, 1.807) is 0 Å². The standard InChI is InChI=1S/C13H19N3O3/c1-10(17)11-9-14-13(19)16(12(11)18)8-7-15-5-3-2-4-6-15/h9H,2-8H2,1H3,(H,14,19). The number of Topliss-reactive ketones (excluding diaryl/α,β-unsaturated/α-hetero) is 1. The summed E-state index contributed by atoms with van der Waals surface area (Å²) < 4.78 is 1.12. The Morgan fingerprint density at radius 1 is 1.21 bits per heavy atom. The van der Waals surface area contributed by atoms with Gasteiger partial charge < -0.3 is 9.88 Å². The molecule has 0 saturated carbocycles. The molecule has 1 fully saturated rings. The largest absolute Gasteiger partial charge is 0.328 e. The van der Waals surface area contributed by atoms with E-state index in [0.717, 1.165) is 17.7 Å². The Kier molecular flexibility index (Phi) is 4.31. The molecule has 0 atom stereocenters. The quantitative estimate of drug-likeness (QED) is 0.790. The number of carbonyl (C=O) groups is 1. The van der Waals surface area contributed by atoms with Gasteiger partial charge in [-0.1, -0.05) is 6.42 Å². The minimum Gasteiger partial charge on any atom is -0.313 e. The maximum absolute atomic E-state index is 12.0. The van der Waals surface area contributed by atoms with Crippen molar-refractivity contribution in [1.29, 1.82) is 0 Å². The van der Waals surface area contributed by atoms with Gasteiger partial charge in [-0.3, -0.25) is 14.2 Å². The first-order valence-corrected chi connectivity index (χ1v) is 6.65. The summed E-state index contributed by atoms with van der Waals surface area (Å²) in [4.78, 5) is 39.7. The normalized spacial score (nSPS) is 16.5. The number of hydrogen-bond acceptors (Lipinski definition) is 4. The van der Waals surface area contributed by atoms with Crippen molar-refractivity contribution in [3.05, 3.63) is 32.6 Å². The van der Waals surface area contributed by atoms with Crippen LogP contribution in [0, 0.1) is 0 Å². The van der Waals surface area contributed by atoms with Gasteiger partial charge in [0.25, 0.3) is 5.56 Å². The van der Waals surface area contributed by atoms with Gasteiger partial charge in [0.1, 0.15) is 0 Å². The first-order valence-electron chi connectivity index (χ1n) is 6.65. The van der Waals surface area contributed by atoms with Crippen molar-refractivity contribution < 1.29 is 4.79 Å². The fourth-order valence-corrected chi connectivity index (χ4v) is 2.39. The summed E-state index contributed by atoms with van der Waals surface area (Å²) >= 11 is 0. The van der Waals surface area contributed by atoms with E-state index in [2.05, 4.69) is 9.88 Å².